The van der Waals surface area contributed by atoms with Gasteiger partial charge in [-0.15, -0.1) is 0 Å². The van der Waals surface area contributed by atoms with Crippen LogP contribution in [0.4, 0.5) is 5.82 Å². The van der Waals surface area contributed by atoms with Crippen molar-refractivity contribution in [2.24, 2.45) is 0 Å². The van der Waals surface area contributed by atoms with E-state index < -0.39 is 5.60 Å². The molecule has 1 aliphatic rings. The zero-order valence-corrected chi connectivity index (χ0v) is 20.6. The largest absolute Gasteiger partial charge is 0.481 e. The van der Waals surface area contributed by atoms with Gasteiger partial charge in [0.15, 0.2) is 0 Å². The maximum atomic E-state index is 11.3. The van der Waals surface area contributed by atoms with Gasteiger partial charge in [0.2, 0.25) is 5.88 Å². The maximum Gasteiger partial charge on any atom is 0.212 e. The monoisotopic (exact) mass is 506 g/mol. The van der Waals surface area contributed by atoms with Crippen molar-refractivity contribution >= 4 is 40.6 Å². The number of pyridine rings is 2. The Morgan fingerprint density at radius 3 is 2.42 bits per heavy atom. The van der Waals surface area contributed by atoms with Gasteiger partial charge in [-0.3, -0.25) is 4.90 Å². The molecule has 1 aromatic carbocycles. The van der Waals surface area contributed by atoms with Crippen molar-refractivity contribution in [1.82, 2.24) is 14.9 Å². The number of anilines is 1. The van der Waals surface area contributed by atoms with E-state index in [9.17, 15) is 5.11 Å². The third-order valence-corrected chi connectivity index (χ3v) is 6.62. The number of aliphatic hydroxyl groups is 1. The van der Waals surface area contributed by atoms with E-state index in [-0.39, 0.29) is 6.04 Å². The number of aromatic nitrogens is 2. The van der Waals surface area contributed by atoms with Crippen LogP contribution in [0.3, 0.4) is 0 Å². The van der Waals surface area contributed by atoms with Crippen LogP contribution in [0, 0.1) is 0 Å². The van der Waals surface area contributed by atoms with Gasteiger partial charge >= 0.3 is 0 Å². The molecule has 0 radical (unpaired) electrons. The molecule has 1 N–H and O–H groups in total. The molecule has 0 bridgehead atoms. The summed E-state index contributed by atoms with van der Waals surface area (Å²) in [4.78, 5) is 13.2. The smallest absolute Gasteiger partial charge is 0.212 e. The summed E-state index contributed by atoms with van der Waals surface area (Å²) < 4.78 is 5.13. The van der Waals surface area contributed by atoms with Gasteiger partial charge in [-0.05, 0) is 36.8 Å². The van der Waals surface area contributed by atoms with Gasteiger partial charge in [0, 0.05) is 55.2 Å². The van der Waals surface area contributed by atoms with E-state index in [0.29, 0.717) is 46.4 Å². The summed E-state index contributed by atoms with van der Waals surface area (Å²) in [5.74, 6) is 1.20. The van der Waals surface area contributed by atoms with E-state index >= 15 is 0 Å². The molecule has 0 spiro atoms. The van der Waals surface area contributed by atoms with Crippen LogP contribution >= 0.6 is 34.8 Å². The molecule has 2 aromatic heterocycles. The molecule has 9 heteroatoms. The first-order valence-electron chi connectivity index (χ1n) is 10.6. The third-order valence-electron chi connectivity index (χ3n) is 5.88. The van der Waals surface area contributed by atoms with Crippen molar-refractivity contribution in [2.75, 3.05) is 38.2 Å². The van der Waals surface area contributed by atoms with Crippen LogP contribution in [-0.2, 0) is 5.60 Å². The van der Waals surface area contributed by atoms with Gasteiger partial charge in [0.1, 0.15) is 11.4 Å². The lowest BCUT2D eigenvalue weighted by atomic mass is 9.95. The Morgan fingerprint density at radius 2 is 1.79 bits per heavy atom. The zero-order valence-electron chi connectivity index (χ0n) is 18.4. The fourth-order valence-corrected chi connectivity index (χ4v) is 4.79. The van der Waals surface area contributed by atoms with Crippen LogP contribution in [0.25, 0.3) is 0 Å². The average molecular weight is 508 g/mol. The number of ether oxygens (including phenoxy) is 1. The minimum Gasteiger partial charge on any atom is -0.481 e. The molecule has 2 atom stereocenters. The second-order valence-electron chi connectivity index (χ2n) is 8.32. The summed E-state index contributed by atoms with van der Waals surface area (Å²) in [7, 11) is 1.57. The highest BCUT2D eigenvalue weighted by Crippen LogP contribution is 2.36. The van der Waals surface area contributed by atoms with Gasteiger partial charge in [0.25, 0.3) is 0 Å². The molecule has 0 amide bonds. The third kappa shape index (κ3) is 5.53. The van der Waals surface area contributed by atoms with Gasteiger partial charge in [-0.1, -0.05) is 46.9 Å². The summed E-state index contributed by atoms with van der Waals surface area (Å²) in [6, 6.07) is 13.1. The second-order valence-corrected chi connectivity index (χ2v) is 9.60. The van der Waals surface area contributed by atoms with E-state index in [1.807, 2.05) is 30.3 Å². The summed E-state index contributed by atoms with van der Waals surface area (Å²) in [5, 5.41) is 12.9. The first-order chi connectivity index (χ1) is 15.8. The van der Waals surface area contributed by atoms with Gasteiger partial charge < -0.3 is 14.7 Å². The predicted molar refractivity (Wildman–Crippen MR) is 133 cm³/mol. The second kappa shape index (κ2) is 10.0. The molecule has 0 unspecified atom stereocenters. The van der Waals surface area contributed by atoms with Gasteiger partial charge in [-0.2, -0.15) is 0 Å². The molecule has 4 rings (SSSR count). The fourth-order valence-electron chi connectivity index (χ4n) is 4.17. The normalized spacial score (nSPS) is 18.7. The standard InChI is InChI=1S/C24H25Cl3N4O2/c1-24(32,17-5-8-22(33-2)28-12-17)15-30-9-10-31(23-20(27)11-19(26)13-29-23)21(14-30)16-3-6-18(25)7-4-16/h3-8,11-13,21,32H,9-10,14-15H2,1-2H3/t21-,24+/m0/s1. The molecule has 1 saturated heterocycles. The minimum atomic E-state index is -1.08. The van der Waals surface area contributed by atoms with Crippen molar-refractivity contribution in [2.45, 2.75) is 18.6 Å². The molecular weight excluding hydrogens is 483 g/mol. The summed E-state index contributed by atoms with van der Waals surface area (Å²) in [6.07, 6.45) is 3.26. The van der Waals surface area contributed by atoms with Crippen molar-refractivity contribution in [1.29, 1.82) is 0 Å². The molecule has 0 saturated carbocycles. The van der Waals surface area contributed by atoms with Crippen LogP contribution in [0.15, 0.2) is 54.9 Å². The highest BCUT2D eigenvalue weighted by molar-refractivity contribution is 6.36. The molecule has 1 aliphatic heterocycles. The lowest BCUT2D eigenvalue weighted by Gasteiger charge is -2.44. The summed E-state index contributed by atoms with van der Waals surface area (Å²) in [6.45, 7) is 4.32. The molecule has 0 aliphatic carbocycles. The van der Waals surface area contributed by atoms with Crippen molar-refractivity contribution < 1.29 is 9.84 Å². The number of halogens is 3. The molecular formula is C24H25Cl3N4O2. The average Bonchev–Trinajstić information content (AvgIpc) is 2.80. The van der Waals surface area contributed by atoms with E-state index in [2.05, 4.69) is 19.8 Å². The molecule has 1 fully saturated rings. The molecule has 33 heavy (non-hydrogen) atoms. The Balaban J connectivity index is 1.59. The van der Waals surface area contributed by atoms with Crippen molar-refractivity contribution in [3.63, 3.8) is 0 Å². The lowest BCUT2D eigenvalue weighted by Crippen LogP contribution is -2.52. The quantitative estimate of drug-likeness (QED) is 0.494. The molecule has 3 aromatic rings. The number of hydrogen-bond donors (Lipinski definition) is 1. The topological polar surface area (TPSA) is 61.7 Å². The van der Waals surface area contributed by atoms with E-state index in [1.54, 1.807) is 38.6 Å². The highest BCUT2D eigenvalue weighted by atomic mass is 35.5. The number of hydrogen-bond acceptors (Lipinski definition) is 6. The van der Waals surface area contributed by atoms with Crippen LogP contribution in [0.2, 0.25) is 15.1 Å². The lowest BCUT2D eigenvalue weighted by molar-refractivity contribution is 0.00992. The number of rotatable bonds is 6. The van der Waals surface area contributed by atoms with Crippen LogP contribution in [-0.4, -0.2) is 53.3 Å². The minimum absolute atomic E-state index is 0.0352. The Labute approximate surface area is 208 Å². The SMILES string of the molecule is COc1ccc([C@](C)(O)CN2CCN(c3ncc(Cl)cc3Cl)[C@H](c3ccc(Cl)cc3)C2)cn1. The summed E-state index contributed by atoms with van der Waals surface area (Å²) >= 11 is 18.7. The number of piperazine rings is 1. The summed E-state index contributed by atoms with van der Waals surface area (Å²) in [5.41, 5.74) is 0.737. The van der Waals surface area contributed by atoms with Gasteiger partial charge in [-0.25, -0.2) is 9.97 Å². The Morgan fingerprint density at radius 1 is 1.03 bits per heavy atom. The number of methoxy groups -OCH3 is 1. The van der Waals surface area contributed by atoms with E-state index in [0.717, 1.165) is 17.7 Å². The van der Waals surface area contributed by atoms with Crippen molar-refractivity contribution in [3.05, 3.63) is 81.1 Å². The van der Waals surface area contributed by atoms with E-state index in [4.69, 9.17) is 39.5 Å². The first kappa shape index (κ1) is 24.0. The van der Waals surface area contributed by atoms with Crippen molar-refractivity contribution in [3.8, 4) is 5.88 Å². The highest BCUT2D eigenvalue weighted by Gasteiger charge is 2.34. The number of nitrogens with zero attached hydrogens (tertiary/aromatic N) is 4. The van der Waals surface area contributed by atoms with Crippen LogP contribution in [0.1, 0.15) is 24.1 Å². The Bertz CT molecular complexity index is 1090. The Kier molecular flexibility index (Phi) is 7.31. The predicted octanol–water partition coefficient (Wildman–Crippen LogP) is 5.22. The van der Waals surface area contributed by atoms with Crippen LogP contribution in [0.5, 0.6) is 5.88 Å². The van der Waals surface area contributed by atoms with E-state index in [1.165, 1.54) is 0 Å². The molecule has 6 nitrogen and oxygen atoms in total. The number of benzene rings is 1. The van der Waals surface area contributed by atoms with Crippen LogP contribution < -0.4 is 9.64 Å². The Hall–Kier alpha value is -2.09. The zero-order chi connectivity index (χ0) is 23.6. The first-order valence-corrected chi connectivity index (χ1v) is 11.7. The maximum absolute atomic E-state index is 11.3. The molecule has 3 heterocycles. The van der Waals surface area contributed by atoms with Gasteiger partial charge in [0.05, 0.1) is 23.2 Å². The number of β-amino-alcohol motifs (C(OH)–C–C–N with tert-alkyl or cyclic N) is 1. The fraction of sp³-hybridized carbons (Fsp3) is 0.333. The molecule has 174 valence electrons.